The number of halogens is 1. The quantitative estimate of drug-likeness (QED) is 0.125. The summed E-state index contributed by atoms with van der Waals surface area (Å²) in [6, 6.07) is 13.5. The van der Waals surface area contributed by atoms with Gasteiger partial charge in [0, 0.05) is 5.69 Å². The molecule has 6 heteroatoms. The molecule has 3 aromatic rings. The number of carbonyl (C=O) groups is 1. The lowest BCUT2D eigenvalue weighted by Gasteiger charge is -2.11. The normalized spacial score (nSPS) is 11.0. The Kier molecular flexibility index (Phi) is 13.7. The summed E-state index contributed by atoms with van der Waals surface area (Å²) in [5.74, 6) is 0.599. The highest BCUT2D eigenvalue weighted by Gasteiger charge is 2.12. The van der Waals surface area contributed by atoms with Crippen molar-refractivity contribution < 1.29 is 14.1 Å². The minimum absolute atomic E-state index is 0.0614. The molecule has 3 rings (SSSR count). The van der Waals surface area contributed by atoms with Crippen molar-refractivity contribution in [3.63, 3.8) is 0 Å². The zero-order valence-electron chi connectivity index (χ0n) is 23.1. The molecular weight excluding hydrogens is 512 g/mol. The molecule has 0 saturated heterocycles. The SMILES string of the molecule is CCCCCCCCCCCCCCOc1cc(CC(=O)Nc2ccc(-c3scc[n+]3C)cc2)ccc1Cl. The van der Waals surface area contributed by atoms with Gasteiger partial charge in [-0.2, -0.15) is 4.57 Å². The van der Waals surface area contributed by atoms with E-state index in [-0.39, 0.29) is 12.3 Å². The number of rotatable bonds is 18. The summed E-state index contributed by atoms with van der Waals surface area (Å²) < 4.78 is 8.06. The van der Waals surface area contributed by atoms with Crippen LogP contribution in [0.3, 0.4) is 0 Å². The molecule has 2 aromatic carbocycles. The third-order valence-corrected chi connectivity index (χ3v) is 8.13. The lowest BCUT2D eigenvalue weighted by molar-refractivity contribution is -0.655. The molecule has 1 aromatic heterocycles. The Bertz CT molecular complexity index is 1100. The average Bonchev–Trinajstić information content (AvgIpc) is 3.34. The number of amides is 1. The first-order valence-corrected chi connectivity index (χ1v) is 15.6. The molecule has 0 bridgehead atoms. The van der Waals surface area contributed by atoms with E-state index in [1.54, 1.807) is 11.3 Å². The third-order valence-electron chi connectivity index (χ3n) is 6.82. The summed E-state index contributed by atoms with van der Waals surface area (Å²) >= 11 is 8.05. The predicted octanol–water partition coefficient (Wildman–Crippen LogP) is 9.15. The van der Waals surface area contributed by atoms with Crippen LogP contribution in [0.15, 0.2) is 54.0 Å². The monoisotopic (exact) mass is 555 g/mol. The van der Waals surface area contributed by atoms with E-state index in [2.05, 4.69) is 22.2 Å². The van der Waals surface area contributed by atoms with Gasteiger partial charge in [0.05, 0.1) is 29.0 Å². The van der Waals surface area contributed by atoms with Crippen LogP contribution in [0.25, 0.3) is 10.6 Å². The maximum absolute atomic E-state index is 12.6. The summed E-state index contributed by atoms with van der Waals surface area (Å²) in [6.07, 6.45) is 18.1. The van der Waals surface area contributed by atoms with Crippen LogP contribution in [0.1, 0.15) is 89.5 Å². The van der Waals surface area contributed by atoms with E-state index in [4.69, 9.17) is 16.3 Å². The molecule has 0 unspecified atom stereocenters. The van der Waals surface area contributed by atoms with Crippen molar-refractivity contribution in [1.82, 2.24) is 0 Å². The zero-order chi connectivity index (χ0) is 27.0. The Balaban J connectivity index is 1.32. The van der Waals surface area contributed by atoms with Gasteiger partial charge in [-0.1, -0.05) is 107 Å². The Morgan fingerprint density at radius 3 is 2.13 bits per heavy atom. The minimum Gasteiger partial charge on any atom is -0.492 e. The van der Waals surface area contributed by atoms with Crippen LogP contribution >= 0.6 is 22.9 Å². The highest BCUT2D eigenvalue weighted by atomic mass is 35.5. The fourth-order valence-electron chi connectivity index (χ4n) is 4.59. The van der Waals surface area contributed by atoms with Crippen molar-refractivity contribution in [2.45, 2.75) is 90.4 Å². The topological polar surface area (TPSA) is 42.2 Å². The molecule has 1 heterocycles. The van der Waals surface area contributed by atoms with Gasteiger partial charge in [0.15, 0.2) is 6.20 Å². The maximum atomic E-state index is 12.6. The highest BCUT2D eigenvalue weighted by Crippen LogP contribution is 2.27. The number of hydrogen-bond donors (Lipinski definition) is 1. The second kappa shape index (κ2) is 17.3. The van der Waals surface area contributed by atoms with Gasteiger partial charge in [-0.15, -0.1) is 0 Å². The standard InChI is InChI=1S/C32H43ClN2O2S/c1-3-4-5-6-7-8-9-10-11-12-13-14-22-37-30-24-26(15-20-29(30)33)25-31(36)34-28-18-16-27(17-19-28)32-35(2)21-23-38-32/h15-21,23-24H,3-14,22,25H2,1-2H3/p+1. The largest absolute Gasteiger partial charge is 0.492 e. The Morgan fingerprint density at radius 1 is 0.895 bits per heavy atom. The summed E-state index contributed by atoms with van der Waals surface area (Å²) in [7, 11) is 2.03. The van der Waals surface area contributed by atoms with Crippen molar-refractivity contribution in [2.24, 2.45) is 7.05 Å². The number of hydrogen-bond acceptors (Lipinski definition) is 3. The van der Waals surface area contributed by atoms with Gasteiger partial charge in [0.2, 0.25) is 5.91 Å². The van der Waals surface area contributed by atoms with Crippen LogP contribution in [-0.4, -0.2) is 12.5 Å². The van der Waals surface area contributed by atoms with Crippen LogP contribution < -0.4 is 14.6 Å². The second-order valence-electron chi connectivity index (χ2n) is 10.1. The van der Waals surface area contributed by atoms with E-state index in [9.17, 15) is 4.79 Å². The number of anilines is 1. The molecule has 4 nitrogen and oxygen atoms in total. The molecule has 0 aliphatic heterocycles. The van der Waals surface area contributed by atoms with Gasteiger partial charge in [-0.3, -0.25) is 4.79 Å². The summed E-state index contributed by atoms with van der Waals surface area (Å²) in [4.78, 5) is 12.6. The lowest BCUT2D eigenvalue weighted by Crippen LogP contribution is -2.26. The number of thiazole rings is 1. The fourth-order valence-corrected chi connectivity index (χ4v) is 5.63. The molecular formula is C32H44ClN2O2S+. The van der Waals surface area contributed by atoms with Gasteiger partial charge in [-0.05, 0) is 48.4 Å². The number of aromatic nitrogens is 1. The van der Waals surface area contributed by atoms with E-state index in [1.165, 1.54) is 75.6 Å². The van der Waals surface area contributed by atoms with Crippen LogP contribution in [0.4, 0.5) is 5.69 Å². The number of ether oxygens (including phenoxy) is 1. The van der Waals surface area contributed by atoms with Gasteiger partial charge >= 0.3 is 0 Å². The van der Waals surface area contributed by atoms with Crippen LogP contribution in [0.2, 0.25) is 5.02 Å². The van der Waals surface area contributed by atoms with Crippen molar-refractivity contribution >= 4 is 34.5 Å². The zero-order valence-corrected chi connectivity index (χ0v) is 24.7. The Labute approximate surface area is 238 Å². The molecule has 38 heavy (non-hydrogen) atoms. The first-order chi connectivity index (χ1) is 18.6. The first kappa shape index (κ1) is 30.2. The fraction of sp³-hybridized carbons (Fsp3) is 0.500. The first-order valence-electron chi connectivity index (χ1n) is 14.3. The molecule has 0 atom stereocenters. The second-order valence-corrected chi connectivity index (χ2v) is 11.4. The summed E-state index contributed by atoms with van der Waals surface area (Å²) in [5, 5.41) is 6.82. The predicted molar refractivity (Wildman–Crippen MR) is 161 cm³/mol. The van der Waals surface area contributed by atoms with Gasteiger partial charge in [0.1, 0.15) is 12.8 Å². The molecule has 0 saturated carbocycles. The van der Waals surface area contributed by atoms with Gasteiger partial charge < -0.3 is 10.1 Å². The maximum Gasteiger partial charge on any atom is 0.268 e. The highest BCUT2D eigenvalue weighted by molar-refractivity contribution is 7.12. The lowest BCUT2D eigenvalue weighted by atomic mass is 10.1. The van der Waals surface area contributed by atoms with E-state index in [0.717, 1.165) is 23.2 Å². The van der Waals surface area contributed by atoms with Crippen molar-refractivity contribution in [3.05, 3.63) is 64.6 Å². The van der Waals surface area contributed by atoms with E-state index in [1.807, 2.05) is 55.7 Å². The number of nitrogens with one attached hydrogen (secondary N) is 1. The Morgan fingerprint density at radius 2 is 1.53 bits per heavy atom. The van der Waals surface area contributed by atoms with Crippen molar-refractivity contribution in [2.75, 3.05) is 11.9 Å². The molecule has 0 aliphatic rings. The van der Waals surface area contributed by atoms with Crippen molar-refractivity contribution in [1.29, 1.82) is 0 Å². The summed E-state index contributed by atoms with van der Waals surface area (Å²) in [6.45, 7) is 2.92. The summed E-state index contributed by atoms with van der Waals surface area (Å²) in [5.41, 5.74) is 2.81. The number of unbranched alkanes of at least 4 members (excludes halogenated alkanes) is 11. The molecule has 1 amide bonds. The average molecular weight is 556 g/mol. The van der Waals surface area contributed by atoms with E-state index >= 15 is 0 Å². The van der Waals surface area contributed by atoms with E-state index < -0.39 is 0 Å². The molecule has 0 aliphatic carbocycles. The number of carbonyl (C=O) groups excluding carboxylic acids is 1. The Hall–Kier alpha value is -2.37. The molecule has 0 spiro atoms. The molecule has 206 valence electrons. The number of aryl methyl sites for hydroxylation is 1. The number of benzene rings is 2. The molecule has 0 fully saturated rings. The van der Waals surface area contributed by atoms with E-state index in [0.29, 0.717) is 17.4 Å². The smallest absolute Gasteiger partial charge is 0.268 e. The van der Waals surface area contributed by atoms with Gasteiger partial charge in [0.25, 0.3) is 5.01 Å². The van der Waals surface area contributed by atoms with Crippen LogP contribution in [0, 0.1) is 0 Å². The van der Waals surface area contributed by atoms with Crippen molar-refractivity contribution in [3.8, 4) is 16.3 Å². The number of nitrogens with zero attached hydrogens (tertiary/aromatic N) is 1. The minimum atomic E-state index is -0.0614. The molecule has 1 N–H and O–H groups in total. The molecule has 0 radical (unpaired) electrons. The van der Waals surface area contributed by atoms with Crippen LogP contribution in [-0.2, 0) is 18.3 Å². The third kappa shape index (κ3) is 10.8. The van der Waals surface area contributed by atoms with Gasteiger partial charge in [-0.25, -0.2) is 0 Å². The van der Waals surface area contributed by atoms with Crippen LogP contribution in [0.5, 0.6) is 5.75 Å².